The highest BCUT2D eigenvalue weighted by atomic mass is 35.5. The van der Waals surface area contributed by atoms with Crippen LogP contribution >= 0.6 is 11.6 Å². The summed E-state index contributed by atoms with van der Waals surface area (Å²) in [5, 5.41) is 11.3. The minimum atomic E-state index is -0.486. The van der Waals surface area contributed by atoms with E-state index in [1.165, 1.54) is 0 Å². The highest BCUT2D eigenvalue weighted by Gasteiger charge is 2.24. The largest absolute Gasteiger partial charge is 0.496 e. The molecule has 0 saturated heterocycles. The van der Waals surface area contributed by atoms with Crippen LogP contribution in [0, 0.1) is 30.9 Å². The minimum Gasteiger partial charge on any atom is -0.496 e. The van der Waals surface area contributed by atoms with Crippen molar-refractivity contribution in [2.75, 3.05) is 7.11 Å². The number of aromatic nitrogens is 2. The molecule has 1 aromatic carbocycles. The van der Waals surface area contributed by atoms with Gasteiger partial charge in [-0.1, -0.05) is 0 Å². The third-order valence-electron chi connectivity index (χ3n) is 3.21. The van der Waals surface area contributed by atoms with Crippen molar-refractivity contribution in [1.29, 1.82) is 0 Å². The second-order valence-corrected chi connectivity index (χ2v) is 5.01. The summed E-state index contributed by atoms with van der Waals surface area (Å²) in [6.07, 6.45) is 0. The molecular weight excluding hydrogens is 294 g/mol. The average molecular weight is 308 g/mol. The molecule has 2 aromatic rings. The van der Waals surface area contributed by atoms with Gasteiger partial charge in [0, 0.05) is 5.56 Å². The number of methoxy groups -OCH3 is 1. The molecule has 0 spiro atoms. The Morgan fingerprint density at radius 1 is 1.19 bits per heavy atom. The Balaban J connectivity index is 2.78. The predicted octanol–water partition coefficient (Wildman–Crippen LogP) is 3.64. The van der Waals surface area contributed by atoms with E-state index < -0.39 is 4.92 Å². The average Bonchev–Trinajstić information content (AvgIpc) is 2.39. The van der Waals surface area contributed by atoms with Gasteiger partial charge in [-0.25, -0.2) is 9.97 Å². The Morgan fingerprint density at radius 3 is 2.43 bits per heavy atom. The lowest BCUT2D eigenvalue weighted by molar-refractivity contribution is -0.385. The van der Waals surface area contributed by atoms with Crippen LogP contribution in [0.1, 0.15) is 16.8 Å². The maximum Gasteiger partial charge on any atom is 0.316 e. The van der Waals surface area contributed by atoms with Crippen LogP contribution in [-0.4, -0.2) is 22.0 Å². The van der Waals surface area contributed by atoms with E-state index in [0.717, 1.165) is 16.9 Å². The Morgan fingerprint density at radius 2 is 1.86 bits per heavy atom. The molecule has 0 aliphatic rings. The standard InChI is InChI=1S/C14H14ClN3O3/c1-7-6-11(21-4)8(2)5-10(7)12-13(18(19)20)9(3)16-14(15)17-12/h5-6H,1-4H3. The first-order valence-electron chi connectivity index (χ1n) is 6.19. The molecule has 0 aliphatic carbocycles. The lowest BCUT2D eigenvalue weighted by atomic mass is 10.00. The maximum atomic E-state index is 11.3. The van der Waals surface area contributed by atoms with E-state index in [2.05, 4.69) is 9.97 Å². The molecule has 0 unspecified atom stereocenters. The van der Waals surface area contributed by atoms with E-state index in [-0.39, 0.29) is 22.4 Å². The Hall–Kier alpha value is -2.21. The molecule has 110 valence electrons. The molecule has 21 heavy (non-hydrogen) atoms. The van der Waals surface area contributed by atoms with Crippen LogP contribution in [0.2, 0.25) is 5.28 Å². The summed E-state index contributed by atoms with van der Waals surface area (Å²) >= 11 is 5.86. The van der Waals surface area contributed by atoms with Crippen LogP contribution in [-0.2, 0) is 0 Å². The molecule has 1 heterocycles. The summed E-state index contributed by atoms with van der Waals surface area (Å²) in [5.41, 5.74) is 2.65. The van der Waals surface area contributed by atoms with Crippen molar-refractivity contribution in [1.82, 2.24) is 9.97 Å². The van der Waals surface area contributed by atoms with Crippen molar-refractivity contribution < 1.29 is 9.66 Å². The van der Waals surface area contributed by atoms with Crippen molar-refractivity contribution in [2.24, 2.45) is 0 Å². The van der Waals surface area contributed by atoms with Crippen molar-refractivity contribution in [3.63, 3.8) is 0 Å². The van der Waals surface area contributed by atoms with E-state index in [0.29, 0.717) is 5.56 Å². The fourth-order valence-corrected chi connectivity index (χ4v) is 2.42. The molecular formula is C14H14ClN3O3. The topological polar surface area (TPSA) is 78.2 Å². The van der Waals surface area contributed by atoms with Crippen molar-refractivity contribution in [2.45, 2.75) is 20.8 Å². The van der Waals surface area contributed by atoms with Crippen LogP contribution in [0.3, 0.4) is 0 Å². The third-order valence-corrected chi connectivity index (χ3v) is 3.38. The van der Waals surface area contributed by atoms with Crippen LogP contribution in [0.15, 0.2) is 12.1 Å². The highest BCUT2D eigenvalue weighted by molar-refractivity contribution is 6.28. The molecule has 0 radical (unpaired) electrons. The molecule has 0 N–H and O–H groups in total. The van der Waals surface area contributed by atoms with E-state index >= 15 is 0 Å². The zero-order valence-electron chi connectivity index (χ0n) is 12.1. The number of hydrogen-bond donors (Lipinski definition) is 0. The fourth-order valence-electron chi connectivity index (χ4n) is 2.20. The molecule has 0 saturated carbocycles. The van der Waals surface area contributed by atoms with Gasteiger partial charge in [-0.3, -0.25) is 10.1 Å². The second kappa shape index (κ2) is 5.65. The molecule has 1 aromatic heterocycles. The number of halogens is 1. The number of aryl methyl sites for hydroxylation is 3. The van der Waals surface area contributed by atoms with Gasteiger partial charge in [-0.05, 0) is 55.6 Å². The van der Waals surface area contributed by atoms with Crippen molar-refractivity contribution in [3.05, 3.63) is 44.4 Å². The SMILES string of the molecule is COc1cc(C)c(-c2nc(Cl)nc(C)c2[N+](=O)[O-])cc1C. The molecule has 0 fully saturated rings. The molecule has 7 heteroatoms. The summed E-state index contributed by atoms with van der Waals surface area (Å²) in [7, 11) is 1.58. The first-order chi connectivity index (χ1) is 9.85. The predicted molar refractivity (Wildman–Crippen MR) is 79.9 cm³/mol. The number of ether oxygens (including phenoxy) is 1. The highest BCUT2D eigenvalue weighted by Crippen LogP contribution is 2.35. The number of rotatable bonds is 3. The molecule has 0 atom stereocenters. The third kappa shape index (κ3) is 2.80. The lowest BCUT2D eigenvalue weighted by Crippen LogP contribution is -2.02. The van der Waals surface area contributed by atoms with Gasteiger partial charge in [0.2, 0.25) is 5.28 Å². The fraction of sp³-hybridized carbons (Fsp3) is 0.286. The number of nitrogens with zero attached hydrogens (tertiary/aromatic N) is 3. The number of benzene rings is 1. The van der Waals surface area contributed by atoms with Crippen LogP contribution in [0.25, 0.3) is 11.3 Å². The smallest absolute Gasteiger partial charge is 0.316 e. The van der Waals surface area contributed by atoms with Gasteiger partial charge in [0.15, 0.2) is 5.69 Å². The molecule has 6 nitrogen and oxygen atoms in total. The quantitative estimate of drug-likeness (QED) is 0.491. The first kappa shape index (κ1) is 15.2. The Bertz CT molecular complexity index is 732. The number of nitro groups is 1. The molecule has 0 amide bonds. The molecule has 2 rings (SSSR count). The van der Waals surface area contributed by atoms with Crippen LogP contribution in [0.5, 0.6) is 5.75 Å². The zero-order chi connectivity index (χ0) is 15.7. The van der Waals surface area contributed by atoms with Gasteiger partial charge in [0.1, 0.15) is 11.4 Å². The van der Waals surface area contributed by atoms with Gasteiger partial charge in [0.25, 0.3) is 0 Å². The van der Waals surface area contributed by atoms with Gasteiger partial charge < -0.3 is 4.74 Å². The monoisotopic (exact) mass is 307 g/mol. The Labute approximate surface area is 126 Å². The summed E-state index contributed by atoms with van der Waals surface area (Å²) in [5.74, 6) is 0.718. The summed E-state index contributed by atoms with van der Waals surface area (Å²) in [6.45, 7) is 5.25. The van der Waals surface area contributed by atoms with Crippen LogP contribution in [0.4, 0.5) is 5.69 Å². The normalized spacial score (nSPS) is 10.5. The van der Waals surface area contributed by atoms with Crippen molar-refractivity contribution >= 4 is 17.3 Å². The first-order valence-corrected chi connectivity index (χ1v) is 6.57. The van der Waals surface area contributed by atoms with Gasteiger partial charge in [0.05, 0.1) is 12.0 Å². The van der Waals surface area contributed by atoms with Gasteiger partial charge in [-0.15, -0.1) is 0 Å². The van der Waals surface area contributed by atoms with E-state index in [9.17, 15) is 10.1 Å². The lowest BCUT2D eigenvalue weighted by Gasteiger charge is -2.12. The summed E-state index contributed by atoms with van der Waals surface area (Å²) in [4.78, 5) is 18.7. The van der Waals surface area contributed by atoms with Gasteiger partial charge >= 0.3 is 5.69 Å². The second-order valence-electron chi connectivity index (χ2n) is 4.67. The zero-order valence-corrected chi connectivity index (χ0v) is 12.9. The summed E-state index contributed by atoms with van der Waals surface area (Å²) in [6, 6.07) is 3.62. The van der Waals surface area contributed by atoms with Crippen molar-refractivity contribution in [3.8, 4) is 17.0 Å². The molecule has 0 aliphatic heterocycles. The van der Waals surface area contributed by atoms with E-state index in [4.69, 9.17) is 16.3 Å². The summed E-state index contributed by atoms with van der Waals surface area (Å²) < 4.78 is 5.25. The molecule has 0 bridgehead atoms. The minimum absolute atomic E-state index is 0.0130. The van der Waals surface area contributed by atoms with Crippen LogP contribution < -0.4 is 4.74 Å². The number of hydrogen-bond acceptors (Lipinski definition) is 5. The maximum absolute atomic E-state index is 11.3. The Kier molecular flexibility index (Phi) is 4.09. The van der Waals surface area contributed by atoms with Gasteiger partial charge in [-0.2, -0.15) is 0 Å². The van der Waals surface area contributed by atoms with E-state index in [1.807, 2.05) is 19.9 Å². The van der Waals surface area contributed by atoms with E-state index in [1.54, 1.807) is 20.1 Å².